The van der Waals surface area contributed by atoms with Gasteiger partial charge in [0.25, 0.3) is 0 Å². The van der Waals surface area contributed by atoms with Crippen LogP contribution < -0.4 is 0 Å². The molecule has 0 saturated carbocycles. The second kappa shape index (κ2) is 4.14. The molecule has 8 heteroatoms. The Morgan fingerprint density at radius 2 is 1.71 bits per heavy atom. The number of rotatable bonds is 2. The maximum Gasteiger partial charge on any atom is 0.416 e. The minimum Gasteiger partial charge on any atom is -0.477 e. The molecule has 0 atom stereocenters. The van der Waals surface area contributed by atoms with Gasteiger partial charge >= 0.3 is 18.1 Å². The average molecular weight is 275 g/mol. The van der Waals surface area contributed by atoms with Crippen molar-refractivity contribution in [1.82, 2.24) is 0 Å². The third-order valence-electron chi connectivity index (χ3n) is 1.90. The van der Waals surface area contributed by atoms with E-state index in [0.29, 0.717) is 6.07 Å². The largest absolute Gasteiger partial charge is 0.477 e. The molecule has 1 rings (SSSR count). The molecule has 0 aromatic heterocycles. The van der Waals surface area contributed by atoms with Crippen LogP contribution in [0.2, 0.25) is 5.02 Å². The van der Waals surface area contributed by atoms with Crippen molar-refractivity contribution in [2.45, 2.75) is 12.1 Å². The van der Waals surface area contributed by atoms with Crippen LogP contribution in [-0.2, 0) is 16.9 Å². The van der Waals surface area contributed by atoms with Gasteiger partial charge in [0.05, 0.1) is 16.1 Å². The summed E-state index contributed by atoms with van der Waals surface area (Å²) in [5.74, 6) is -7.40. The van der Waals surface area contributed by atoms with E-state index in [1.54, 1.807) is 0 Å². The highest BCUT2D eigenvalue weighted by Gasteiger charge is 2.49. The predicted octanol–water partition coefficient (Wildman–Crippen LogP) is 3.54. The van der Waals surface area contributed by atoms with Crippen LogP contribution in [0.25, 0.3) is 0 Å². The highest BCUT2D eigenvalue weighted by atomic mass is 35.5. The second-order valence-corrected chi connectivity index (χ2v) is 3.45. The third kappa shape index (κ3) is 2.49. The molecule has 0 heterocycles. The van der Waals surface area contributed by atoms with E-state index in [-0.39, 0.29) is 0 Å². The Balaban J connectivity index is 3.57. The van der Waals surface area contributed by atoms with Crippen molar-refractivity contribution < 1.29 is 31.9 Å². The molecule has 0 aliphatic rings. The topological polar surface area (TPSA) is 37.3 Å². The Kier molecular flexibility index (Phi) is 3.33. The minimum absolute atomic E-state index is 0.345. The molecule has 0 fully saturated rings. The fraction of sp³-hybridized carbons (Fsp3) is 0.222. The van der Waals surface area contributed by atoms with E-state index in [9.17, 15) is 26.7 Å². The standard InChI is InChI=1S/C9H4ClF5O2/c10-5-3-1-2-4(9(13,14)15)6(5)8(11,12)7(16)17/h1-3H,(H,16,17). The van der Waals surface area contributed by atoms with Gasteiger partial charge in [-0.2, -0.15) is 22.0 Å². The first-order chi connectivity index (χ1) is 7.58. The Morgan fingerprint density at radius 3 is 2.12 bits per heavy atom. The first kappa shape index (κ1) is 13.7. The van der Waals surface area contributed by atoms with Gasteiger partial charge in [0.2, 0.25) is 0 Å². The maximum atomic E-state index is 13.1. The van der Waals surface area contributed by atoms with Crippen LogP contribution in [0.15, 0.2) is 18.2 Å². The summed E-state index contributed by atoms with van der Waals surface area (Å²) >= 11 is 5.22. The highest BCUT2D eigenvalue weighted by molar-refractivity contribution is 6.31. The summed E-state index contributed by atoms with van der Waals surface area (Å²) in [7, 11) is 0. The van der Waals surface area contributed by atoms with Gasteiger partial charge in [0, 0.05) is 0 Å². The Bertz CT molecular complexity index is 455. The van der Waals surface area contributed by atoms with Gasteiger partial charge in [0.1, 0.15) is 0 Å². The van der Waals surface area contributed by atoms with Crippen molar-refractivity contribution in [3.63, 3.8) is 0 Å². The van der Waals surface area contributed by atoms with E-state index in [2.05, 4.69) is 0 Å². The van der Waals surface area contributed by atoms with Crippen LogP contribution in [0, 0.1) is 0 Å². The van der Waals surface area contributed by atoms with Crippen LogP contribution in [0.5, 0.6) is 0 Å². The SMILES string of the molecule is O=C(O)C(F)(F)c1c(Cl)cccc1C(F)(F)F. The van der Waals surface area contributed by atoms with Crippen LogP contribution >= 0.6 is 11.6 Å². The molecule has 0 spiro atoms. The molecule has 0 radical (unpaired) electrons. The lowest BCUT2D eigenvalue weighted by Gasteiger charge is -2.19. The van der Waals surface area contributed by atoms with Crippen LogP contribution in [-0.4, -0.2) is 11.1 Å². The Hall–Kier alpha value is -1.37. The number of aliphatic carboxylic acids is 1. The van der Waals surface area contributed by atoms with Crippen LogP contribution in [0.4, 0.5) is 22.0 Å². The highest BCUT2D eigenvalue weighted by Crippen LogP contribution is 2.42. The number of carboxylic acids is 1. The lowest BCUT2D eigenvalue weighted by molar-refractivity contribution is -0.169. The fourth-order valence-corrected chi connectivity index (χ4v) is 1.48. The Labute approximate surface area is 96.6 Å². The molecule has 1 aromatic rings. The van der Waals surface area contributed by atoms with Gasteiger partial charge in [0.15, 0.2) is 0 Å². The van der Waals surface area contributed by atoms with E-state index in [1.807, 2.05) is 0 Å². The molecular weight excluding hydrogens is 271 g/mol. The smallest absolute Gasteiger partial charge is 0.416 e. The fourth-order valence-electron chi connectivity index (χ4n) is 1.19. The quantitative estimate of drug-likeness (QED) is 0.838. The van der Waals surface area contributed by atoms with E-state index in [1.165, 1.54) is 0 Å². The van der Waals surface area contributed by atoms with Gasteiger partial charge in [-0.15, -0.1) is 0 Å². The van der Waals surface area contributed by atoms with Gasteiger partial charge in [-0.3, -0.25) is 0 Å². The second-order valence-electron chi connectivity index (χ2n) is 3.04. The first-order valence-electron chi connectivity index (χ1n) is 4.06. The molecule has 0 aliphatic heterocycles. The summed E-state index contributed by atoms with van der Waals surface area (Å²) in [5, 5.41) is 7.28. The van der Waals surface area contributed by atoms with E-state index >= 15 is 0 Å². The molecule has 0 aliphatic carbocycles. The molecule has 1 aromatic carbocycles. The number of carbonyl (C=O) groups is 1. The zero-order valence-electron chi connectivity index (χ0n) is 7.86. The number of hydrogen-bond donors (Lipinski definition) is 1. The molecule has 0 amide bonds. The molecule has 0 unspecified atom stereocenters. The van der Waals surface area contributed by atoms with E-state index < -0.39 is 34.2 Å². The zero-order chi connectivity index (χ0) is 13.4. The molecule has 0 bridgehead atoms. The molecule has 0 saturated heterocycles. The van der Waals surface area contributed by atoms with Crippen LogP contribution in [0.1, 0.15) is 11.1 Å². The maximum absolute atomic E-state index is 13.1. The summed E-state index contributed by atoms with van der Waals surface area (Å²) in [4.78, 5) is 10.3. The van der Waals surface area contributed by atoms with Gasteiger partial charge < -0.3 is 5.11 Å². The summed E-state index contributed by atoms with van der Waals surface area (Å²) in [6.45, 7) is 0. The summed E-state index contributed by atoms with van der Waals surface area (Å²) in [5.41, 5.74) is -3.51. The van der Waals surface area contributed by atoms with Gasteiger partial charge in [-0.25, -0.2) is 4.79 Å². The zero-order valence-corrected chi connectivity index (χ0v) is 8.61. The van der Waals surface area contributed by atoms with Crippen molar-refractivity contribution in [2.24, 2.45) is 0 Å². The first-order valence-corrected chi connectivity index (χ1v) is 4.43. The van der Waals surface area contributed by atoms with Crippen molar-refractivity contribution in [1.29, 1.82) is 0 Å². The molecule has 2 nitrogen and oxygen atoms in total. The third-order valence-corrected chi connectivity index (χ3v) is 2.22. The summed E-state index contributed by atoms with van der Waals surface area (Å²) < 4.78 is 63.6. The van der Waals surface area contributed by atoms with E-state index in [0.717, 1.165) is 12.1 Å². The average Bonchev–Trinajstić information content (AvgIpc) is 2.15. The van der Waals surface area contributed by atoms with Crippen molar-refractivity contribution in [2.75, 3.05) is 0 Å². The van der Waals surface area contributed by atoms with Gasteiger partial charge in [-0.05, 0) is 12.1 Å². The molecule has 17 heavy (non-hydrogen) atoms. The molecule has 94 valence electrons. The molecule has 1 N–H and O–H groups in total. The van der Waals surface area contributed by atoms with Gasteiger partial charge in [-0.1, -0.05) is 17.7 Å². The van der Waals surface area contributed by atoms with Crippen molar-refractivity contribution in [3.05, 3.63) is 34.3 Å². The lowest BCUT2D eigenvalue weighted by atomic mass is 10.0. The predicted molar refractivity (Wildman–Crippen MR) is 48.0 cm³/mol. The summed E-state index contributed by atoms with van der Waals surface area (Å²) in [6, 6.07) is 1.92. The minimum atomic E-state index is -5.11. The number of hydrogen-bond acceptors (Lipinski definition) is 1. The van der Waals surface area contributed by atoms with Crippen molar-refractivity contribution in [3.8, 4) is 0 Å². The summed E-state index contributed by atoms with van der Waals surface area (Å²) in [6.07, 6.45) is -5.11. The molecular formula is C9H4ClF5O2. The number of benzene rings is 1. The van der Waals surface area contributed by atoms with Crippen LogP contribution in [0.3, 0.4) is 0 Å². The van der Waals surface area contributed by atoms with E-state index in [4.69, 9.17) is 16.7 Å². The number of carboxylic acid groups (broad SMARTS) is 1. The normalized spacial score (nSPS) is 12.6. The Morgan fingerprint density at radius 1 is 1.18 bits per heavy atom. The number of halogens is 6. The number of alkyl halides is 5. The monoisotopic (exact) mass is 274 g/mol. The lowest BCUT2D eigenvalue weighted by Crippen LogP contribution is -2.29. The van der Waals surface area contributed by atoms with Crippen molar-refractivity contribution >= 4 is 17.6 Å².